The molecule has 272 valence electrons. The van der Waals surface area contributed by atoms with Gasteiger partial charge in [-0.3, -0.25) is 4.79 Å². The summed E-state index contributed by atoms with van der Waals surface area (Å²) in [7, 11) is -0.870. The number of nitrogens with zero attached hydrogens (tertiary/aromatic N) is 2. The molecule has 12 nitrogen and oxygen atoms in total. The summed E-state index contributed by atoms with van der Waals surface area (Å²) in [6.07, 6.45) is 1.29. The molecule has 1 aliphatic rings. The Morgan fingerprint density at radius 3 is 2.38 bits per heavy atom. The molecule has 50 heavy (non-hydrogen) atoms. The van der Waals surface area contributed by atoms with Crippen LogP contribution in [0, 0.1) is 11.7 Å². The van der Waals surface area contributed by atoms with E-state index in [1.807, 2.05) is 13.8 Å². The maximum Gasteiger partial charge on any atom is 0.323 e. The first-order valence-corrected chi connectivity index (χ1v) is 18.0. The molecule has 3 aromatic carbocycles. The molecule has 3 aromatic rings. The Bertz CT molecular complexity index is 1690. The van der Waals surface area contributed by atoms with E-state index in [4.69, 9.17) is 14.2 Å². The predicted molar refractivity (Wildman–Crippen MR) is 189 cm³/mol. The van der Waals surface area contributed by atoms with Crippen LogP contribution >= 0.6 is 0 Å². The molecule has 0 aliphatic carbocycles. The summed E-state index contributed by atoms with van der Waals surface area (Å²) >= 11 is 0. The van der Waals surface area contributed by atoms with Crippen molar-refractivity contribution in [3.63, 3.8) is 0 Å². The quantitative estimate of drug-likeness (QED) is 0.260. The number of anilines is 2. The first-order valence-electron chi connectivity index (χ1n) is 16.6. The molecule has 0 aromatic heterocycles. The second-order valence-corrected chi connectivity index (χ2v) is 14.6. The van der Waals surface area contributed by atoms with Gasteiger partial charge in [0.25, 0.3) is 5.91 Å². The van der Waals surface area contributed by atoms with E-state index in [0.717, 1.165) is 6.42 Å². The zero-order chi connectivity index (χ0) is 36.4. The molecular formula is C36H47FN4O8S. The van der Waals surface area contributed by atoms with Crippen molar-refractivity contribution in [2.24, 2.45) is 5.92 Å². The lowest BCUT2D eigenvalue weighted by Crippen LogP contribution is -2.48. The smallest absolute Gasteiger partial charge is 0.323 e. The summed E-state index contributed by atoms with van der Waals surface area (Å²) in [5.41, 5.74) is 0.870. The Hall–Kier alpha value is -4.24. The van der Waals surface area contributed by atoms with Crippen LogP contribution in [0.2, 0.25) is 0 Å². The number of carbonyl (C=O) groups excluding carboxylic acids is 2. The highest BCUT2D eigenvalue weighted by molar-refractivity contribution is 7.89. The van der Waals surface area contributed by atoms with Crippen molar-refractivity contribution in [3.8, 4) is 11.5 Å². The molecule has 3 N–H and O–H groups in total. The van der Waals surface area contributed by atoms with E-state index in [9.17, 15) is 27.5 Å². The molecule has 4 atom stereocenters. The molecule has 0 unspecified atom stereocenters. The average Bonchev–Trinajstić information content (AvgIpc) is 3.10. The second kappa shape index (κ2) is 17.6. The van der Waals surface area contributed by atoms with Crippen molar-refractivity contribution < 1.29 is 41.7 Å². The van der Waals surface area contributed by atoms with Gasteiger partial charge in [0.1, 0.15) is 17.3 Å². The third kappa shape index (κ3) is 10.2. The van der Waals surface area contributed by atoms with E-state index in [1.54, 1.807) is 31.2 Å². The van der Waals surface area contributed by atoms with Crippen molar-refractivity contribution in [1.29, 1.82) is 0 Å². The zero-order valence-corrected chi connectivity index (χ0v) is 29.9. The highest BCUT2D eigenvalue weighted by Crippen LogP contribution is 2.29. The number of fused-ring (bicyclic) bond motifs is 1. The number of methoxy groups -OCH3 is 1. The summed E-state index contributed by atoms with van der Waals surface area (Å²) in [6, 6.07) is 15.0. The fourth-order valence-electron chi connectivity index (χ4n) is 5.57. The van der Waals surface area contributed by atoms with Gasteiger partial charge in [0.2, 0.25) is 10.0 Å². The number of amides is 3. The fraction of sp³-hybridized carbons (Fsp3) is 0.444. The molecule has 0 radical (unpaired) electrons. The maximum atomic E-state index is 14.4. The Morgan fingerprint density at radius 2 is 1.72 bits per heavy atom. The Balaban J connectivity index is 1.61. The number of nitrogens with one attached hydrogen (secondary N) is 2. The molecule has 14 heteroatoms. The minimum Gasteiger partial charge on any atom is -0.497 e. The van der Waals surface area contributed by atoms with Crippen LogP contribution in [-0.4, -0.2) is 93.4 Å². The standard InChI is InChI=1S/C36H47FN4O8S/c1-24-21-41(25(2)23-42)35(43)32-20-29(39-36(44)38-28-11-9-27(37)10-12-28)13-18-33(32)49-26(3)8-6-7-19-48-34(24)22-40(4)50(45,46)31-16-14-30(47-5)15-17-31/h9-18,20,24-26,34,42H,6-8,19,21-23H2,1-5H3,(H2,38,39,44)/t24-,25+,26-,34+/m1/s1. The Labute approximate surface area is 293 Å². The van der Waals surface area contributed by atoms with Crippen molar-refractivity contribution >= 4 is 33.3 Å². The lowest BCUT2D eigenvalue weighted by molar-refractivity contribution is -0.00834. The second-order valence-electron chi connectivity index (χ2n) is 12.6. The summed E-state index contributed by atoms with van der Waals surface area (Å²) in [6.45, 7) is 5.70. The highest BCUT2D eigenvalue weighted by atomic mass is 32.2. The number of sulfonamides is 1. The highest BCUT2D eigenvalue weighted by Gasteiger charge is 2.32. The van der Waals surface area contributed by atoms with Gasteiger partial charge in [0.05, 0.1) is 42.4 Å². The Morgan fingerprint density at radius 1 is 1.06 bits per heavy atom. The molecule has 1 heterocycles. The predicted octanol–water partition coefficient (Wildman–Crippen LogP) is 5.59. The van der Waals surface area contributed by atoms with Crippen LogP contribution in [-0.2, 0) is 14.8 Å². The zero-order valence-electron chi connectivity index (χ0n) is 29.1. The third-order valence-electron chi connectivity index (χ3n) is 8.62. The van der Waals surface area contributed by atoms with Gasteiger partial charge in [-0.15, -0.1) is 0 Å². The number of aliphatic hydroxyl groups excluding tert-OH is 1. The van der Waals surface area contributed by atoms with Crippen LogP contribution in [0.15, 0.2) is 71.6 Å². The number of halogens is 1. The molecule has 4 rings (SSSR count). The van der Waals surface area contributed by atoms with E-state index in [-0.39, 0.29) is 42.2 Å². The summed E-state index contributed by atoms with van der Waals surface area (Å²) in [4.78, 5) is 28.8. The SMILES string of the molecule is COc1ccc(S(=O)(=O)N(C)C[C@@H]2OCCCC[C@@H](C)Oc3ccc(NC(=O)Nc4ccc(F)cc4)cc3C(=O)N([C@@H](C)CO)C[C@H]2C)cc1. The van der Waals surface area contributed by atoms with Crippen LogP contribution in [0.4, 0.5) is 20.6 Å². The number of ether oxygens (including phenoxy) is 3. The number of benzene rings is 3. The van der Waals surface area contributed by atoms with Crippen LogP contribution < -0.4 is 20.1 Å². The maximum absolute atomic E-state index is 14.4. The first-order chi connectivity index (χ1) is 23.8. The summed E-state index contributed by atoms with van der Waals surface area (Å²) < 4.78 is 59.3. The number of hydrogen-bond acceptors (Lipinski definition) is 8. The summed E-state index contributed by atoms with van der Waals surface area (Å²) in [5, 5.41) is 15.6. The van der Waals surface area contributed by atoms with Gasteiger partial charge in [-0.25, -0.2) is 17.6 Å². The van der Waals surface area contributed by atoms with Gasteiger partial charge in [0, 0.05) is 44.0 Å². The van der Waals surface area contributed by atoms with Crippen molar-refractivity contribution in [1.82, 2.24) is 9.21 Å². The number of rotatable bonds is 9. The number of hydrogen-bond donors (Lipinski definition) is 3. The Kier molecular flexibility index (Phi) is 13.6. The fourth-order valence-corrected chi connectivity index (χ4v) is 6.75. The van der Waals surface area contributed by atoms with Gasteiger partial charge in [-0.2, -0.15) is 4.31 Å². The molecule has 0 saturated heterocycles. The number of aliphatic hydroxyl groups is 1. The monoisotopic (exact) mass is 714 g/mol. The van der Waals surface area contributed by atoms with E-state index in [2.05, 4.69) is 10.6 Å². The first kappa shape index (κ1) is 38.6. The normalized spacial score (nSPS) is 19.9. The number of urea groups is 1. The minimum absolute atomic E-state index is 0.0262. The van der Waals surface area contributed by atoms with E-state index in [0.29, 0.717) is 42.3 Å². The molecule has 1 aliphatic heterocycles. The molecule has 0 fully saturated rings. The number of carbonyl (C=O) groups is 2. The van der Waals surface area contributed by atoms with Crippen LogP contribution in [0.3, 0.4) is 0 Å². The van der Waals surface area contributed by atoms with Crippen molar-refractivity contribution in [2.75, 3.05) is 51.1 Å². The van der Waals surface area contributed by atoms with Gasteiger partial charge < -0.3 is 34.9 Å². The molecular weight excluding hydrogens is 667 g/mol. The lowest BCUT2D eigenvalue weighted by atomic mass is 10.0. The molecule has 3 amide bonds. The van der Waals surface area contributed by atoms with Crippen LogP contribution in [0.5, 0.6) is 11.5 Å². The van der Waals surface area contributed by atoms with Gasteiger partial charge >= 0.3 is 6.03 Å². The lowest BCUT2D eigenvalue weighted by Gasteiger charge is -2.35. The summed E-state index contributed by atoms with van der Waals surface area (Å²) in [5.74, 6) is -0.386. The topological polar surface area (TPSA) is 147 Å². The van der Waals surface area contributed by atoms with E-state index in [1.165, 1.54) is 65.8 Å². The largest absolute Gasteiger partial charge is 0.497 e. The van der Waals surface area contributed by atoms with Crippen LogP contribution in [0.25, 0.3) is 0 Å². The van der Waals surface area contributed by atoms with Crippen LogP contribution in [0.1, 0.15) is 50.4 Å². The van der Waals surface area contributed by atoms with E-state index >= 15 is 0 Å². The van der Waals surface area contributed by atoms with Crippen molar-refractivity contribution in [3.05, 3.63) is 78.1 Å². The molecule has 0 saturated carbocycles. The van der Waals surface area contributed by atoms with Gasteiger partial charge in [-0.1, -0.05) is 6.92 Å². The molecule has 0 spiro atoms. The molecule has 0 bridgehead atoms. The van der Waals surface area contributed by atoms with Crippen molar-refractivity contribution in [2.45, 2.75) is 63.2 Å². The number of likely N-dealkylation sites (N-methyl/N-ethyl adjacent to an activating group) is 1. The van der Waals surface area contributed by atoms with E-state index < -0.39 is 39.9 Å². The van der Waals surface area contributed by atoms with Gasteiger partial charge in [-0.05, 0) is 99.8 Å². The van der Waals surface area contributed by atoms with Gasteiger partial charge in [0.15, 0.2) is 0 Å². The average molecular weight is 715 g/mol. The minimum atomic E-state index is -3.87. The third-order valence-corrected chi connectivity index (χ3v) is 10.5.